The van der Waals surface area contributed by atoms with Gasteiger partial charge in [-0.15, -0.1) is 0 Å². The smallest absolute Gasteiger partial charge is 0.253 e. The van der Waals surface area contributed by atoms with Crippen molar-refractivity contribution in [1.82, 2.24) is 10.3 Å². The first-order valence-corrected chi connectivity index (χ1v) is 11.2. The lowest BCUT2D eigenvalue weighted by atomic mass is 9.79. The van der Waals surface area contributed by atoms with Crippen LogP contribution in [0.3, 0.4) is 0 Å². The highest BCUT2D eigenvalue weighted by Crippen LogP contribution is 2.32. The van der Waals surface area contributed by atoms with Crippen LogP contribution in [0.2, 0.25) is 5.02 Å². The highest BCUT2D eigenvalue weighted by atomic mass is 35.5. The molecule has 0 bridgehead atoms. The lowest BCUT2D eigenvalue weighted by molar-refractivity contribution is -0.0109. The quantitative estimate of drug-likeness (QED) is 0.675. The molecule has 0 spiro atoms. The molecule has 1 amide bonds. The van der Waals surface area contributed by atoms with E-state index in [1.807, 2.05) is 18.2 Å². The number of pyridine rings is 1. The van der Waals surface area contributed by atoms with E-state index in [4.69, 9.17) is 16.6 Å². The van der Waals surface area contributed by atoms with Gasteiger partial charge in [-0.25, -0.2) is 4.98 Å². The van der Waals surface area contributed by atoms with Crippen LogP contribution < -0.4 is 10.2 Å². The Hall–Kier alpha value is -1.89. The number of carbonyl (C=O) groups is 1. The Kier molecular flexibility index (Phi) is 6.19. The summed E-state index contributed by atoms with van der Waals surface area (Å²) >= 11 is 6.39. The maximum atomic E-state index is 13.0. The van der Waals surface area contributed by atoms with E-state index >= 15 is 0 Å². The summed E-state index contributed by atoms with van der Waals surface area (Å²) in [5, 5.41) is 24.2. The number of amides is 1. The van der Waals surface area contributed by atoms with Crippen LogP contribution in [0.4, 0.5) is 5.82 Å². The second-order valence-electron chi connectivity index (χ2n) is 9.05. The molecule has 1 unspecified atom stereocenters. The highest BCUT2D eigenvalue weighted by Gasteiger charge is 2.33. The molecule has 2 aromatic rings. The van der Waals surface area contributed by atoms with E-state index in [-0.39, 0.29) is 25.0 Å². The number of anilines is 1. The fourth-order valence-electron chi connectivity index (χ4n) is 4.89. The molecule has 2 fully saturated rings. The van der Waals surface area contributed by atoms with Crippen LogP contribution in [0.25, 0.3) is 10.9 Å². The Labute approximate surface area is 182 Å². The third kappa shape index (κ3) is 4.41. The van der Waals surface area contributed by atoms with Crippen LogP contribution in [0.15, 0.2) is 24.3 Å². The number of nitrogens with zero attached hydrogens (tertiary/aromatic N) is 2. The van der Waals surface area contributed by atoms with Gasteiger partial charge in [0.25, 0.3) is 5.91 Å². The molecule has 1 saturated carbocycles. The number of aliphatic hydroxyl groups is 2. The number of hydrogen-bond donors (Lipinski definition) is 3. The van der Waals surface area contributed by atoms with Gasteiger partial charge in [0.2, 0.25) is 0 Å². The van der Waals surface area contributed by atoms with Crippen molar-refractivity contribution in [3.63, 3.8) is 0 Å². The minimum atomic E-state index is -0.852. The fraction of sp³-hybridized carbons (Fsp3) is 0.565. The normalized spacial score (nSPS) is 26.9. The first kappa shape index (κ1) is 21.3. The van der Waals surface area contributed by atoms with Gasteiger partial charge < -0.3 is 20.4 Å². The number of hydrogen-bond acceptors (Lipinski definition) is 5. The molecule has 1 aliphatic carbocycles. The zero-order chi connectivity index (χ0) is 21.3. The Morgan fingerprint density at radius 1 is 1.33 bits per heavy atom. The molecule has 162 valence electrons. The topological polar surface area (TPSA) is 85.7 Å². The van der Waals surface area contributed by atoms with Crippen molar-refractivity contribution < 1.29 is 15.0 Å². The number of rotatable bonds is 5. The van der Waals surface area contributed by atoms with Gasteiger partial charge in [0.15, 0.2) is 0 Å². The van der Waals surface area contributed by atoms with E-state index in [0.717, 1.165) is 38.2 Å². The molecule has 1 saturated heterocycles. The van der Waals surface area contributed by atoms with Gasteiger partial charge in [-0.2, -0.15) is 0 Å². The van der Waals surface area contributed by atoms with Gasteiger partial charge in [0.1, 0.15) is 5.82 Å². The van der Waals surface area contributed by atoms with E-state index in [2.05, 4.69) is 17.1 Å². The lowest BCUT2D eigenvalue weighted by Gasteiger charge is -2.35. The number of aromatic nitrogens is 1. The summed E-state index contributed by atoms with van der Waals surface area (Å²) in [5.41, 5.74) is 0.254. The molecule has 1 aliphatic heterocycles. The Bertz CT molecular complexity index is 937. The molecule has 2 heterocycles. The summed E-state index contributed by atoms with van der Waals surface area (Å²) in [5.74, 6) is 1.30. The number of benzene rings is 1. The predicted octanol–water partition coefficient (Wildman–Crippen LogP) is 3.38. The molecule has 6 nitrogen and oxygen atoms in total. The first-order valence-electron chi connectivity index (χ1n) is 10.8. The number of halogens is 1. The summed E-state index contributed by atoms with van der Waals surface area (Å²) in [6, 6.07) is 7.33. The fourth-order valence-corrected chi connectivity index (χ4v) is 5.14. The molecular formula is C23H30ClN3O3. The lowest BCUT2D eigenvalue weighted by Crippen LogP contribution is -2.45. The standard InChI is InChI=1S/C23H30ClN3O3/c1-15-3-2-9-23(30,11-15)14-25-22(29)21-17-4-7-20(26-19(17)6-5-18(21)24)27-10-8-16(12-27)13-28/h4-7,15-16,28,30H,2-3,8-14H2,1H3,(H,25,29)/t15-,16?,23-/m0/s1. The average molecular weight is 432 g/mol. The maximum absolute atomic E-state index is 13.0. The van der Waals surface area contributed by atoms with Crippen LogP contribution in [0.5, 0.6) is 0 Å². The molecule has 1 aromatic heterocycles. The molecule has 3 N–H and O–H groups in total. The molecule has 0 radical (unpaired) electrons. The Morgan fingerprint density at radius 3 is 2.90 bits per heavy atom. The highest BCUT2D eigenvalue weighted by molar-refractivity contribution is 6.35. The van der Waals surface area contributed by atoms with E-state index in [0.29, 0.717) is 40.2 Å². The van der Waals surface area contributed by atoms with E-state index in [1.165, 1.54) is 0 Å². The Morgan fingerprint density at radius 2 is 2.17 bits per heavy atom. The largest absolute Gasteiger partial charge is 0.396 e. The molecule has 1 aromatic carbocycles. The summed E-state index contributed by atoms with van der Waals surface area (Å²) in [6.07, 6.45) is 4.45. The minimum Gasteiger partial charge on any atom is -0.396 e. The summed E-state index contributed by atoms with van der Waals surface area (Å²) < 4.78 is 0. The molecule has 2 aliphatic rings. The van der Waals surface area contributed by atoms with Gasteiger partial charge in [0, 0.05) is 37.5 Å². The molecular weight excluding hydrogens is 402 g/mol. The summed E-state index contributed by atoms with van der Waals surface area (Å²) in [4.78, 5) is 19.9. The van der Waals surface area contributed by atoms with E-state index in [1.54, 1.807) is 6.07 Å². The molecule has 7 heteroatoms. The summed E-state index contributed by atoms with van der Waals surface area (Å²) in [7, 11) is 0. The van der Waals surface area contributed by atoms with Gasteiger partial charge in [-0.3, -0.25) is 4.79 Å². The second kappa shape index (κ2) is 8.69. The third-order valence-electron chi connectivity index (χ3n) is 6.55. The van der Waals surface area contributed by atoms with Gasteiger partial charge in [-0.1, -0.05) is 31.4 Å². The number of nitrogens with one attached hydrogen (secondary N) is 1. The number of fused-ring (bicyclic) bond motifs is 1. The minimum absolute atomic E-state index is 0.190. The van der Waals surface area contributed by atoms with Crippen LogP contribution in [0, 0.1) is 11.8 Å². The first-order chi connectivity index (χ1) is 14.4. The van der Waals surface area contributed by atoms with E-state index < -0.39 is 5.60 Å². The molecule has 3 atom stereocenters. The van der Waals surface area contributed by atoms with Crippen molar-refractivity contribution in [1.29, 1.82) is 0 Å². The number of aliphatic hydroxyl groups excluding tert-OH is 1. The Balaban J connectivity index is 1.54. The zero-order valence-electron chi connectivity index (χ0n) is 17.4. The van der Waals surface area contributed by atoms with Crippen molar-refractivity contribution in [3.05, 3.63) is 34.9 Å². The van der Waals surface area contributed by atoms with Crippen molar-refractivity contribution in [3.8, 4) is 0 Å². The zero-order valence-corrected chi connectivity index (χ0v) is 18.2. The van der Waals surface area contributed by atoms with Crippen LogP contribution >= 0.6 is 11.6 Å². The van der Waals surface area contributed by atoms with Gasteiger partial charge in [0.05, 0.1) is 21.7 Å². The summed E-state index contributed by atoms with van der Waals surface area (Å²) in [6.45, 7) is 4.20. The van der Waals surface area contributed by atoms with Gasteiger partial charge >= 0.3 is 0 Å². The SMILES string of the molecule is C[C@H]1CCC[C@@](O)(CNC(=O)c2c(Cl)ccc3nc(N4CCC(CO)C4)ccc23)C1. The van der Waals surface area contributed by atoms with Crippen molar-refractivity contribution >= 4 is 34.2 Å². The van der Waals surface area contributed by atoms with Gasteiger partial charge in [-0.05, 0) is 49.4 Å². The predicted molar refractivity (Wildman–Crippen MR) is 119 cm³/mol. The monoisotopic (exact) mass is 431 g/mol. The van der Waals surface area contributed by atoms with Crippen molar-refractivity contribution in [2.75, 3.05) is 31.1 Å². The van der Waals surface area contributed by atoms with Crippen LogP contribution in [-0.2, 0) is 0 Å². The third-order valence-corrected chi connectivity index (χ3v) is 6.86. The second-order valence-corrected chi connectivity index (χ2v) is 9.46. The number of carbonyl (C=O) groups excluding carboxylic acids is 1. The van der Waals surface area contributed by atoms with Crippen molar-refractivity contribution in [2.45, 2.75) is 44.6 Å². The average Bonchev–Trinajstić information content (AvgIpc) is 3.21. The van der Waals surface area contributed by atoms with Crippen molar-refractivity contribution in [2.24, 2.45) is 11.8 Å². The maximum Gasteiger partial charge on any atom is 0.253 e. The van der Waals surface area contributed by atoms with E-state index in [9.17, 15) is 15.0 Å². The molecule has 30 heavy (non-hydrogen) atoms. The molecule has 4 rings (SSSR count). The van der Waals surface area contributed by atoms with Crippen LogP contribution in [-0.4, -0.2) is 52.9 Å². The van der Waals surface area contributed by atoms with Crippen LogP contribution in [0.1, 0.15) is 49.4 Å².